The van der Waals surface area contributed by atoms with E-state index in [2.05, 4.69) is 10.6 Å². The largest absolute Gasteiger partial charge is 0.481 e. The number of nitrogens with one attached hydrogen (secondary N) is 2. The van der Waals surface area contributed by atoms with Crippen molar-refractivity contribution in [3.8, 4) is 0 Å². The molecule has 0 unspecified atom stereocenters. The molecule has 0 spiro atoms. The number of rotatable bonds is 24. The maximum atomic E-state index is 11.7. The van der Waals surface area contributed by atoms with Crippen LogP contribution in [-0.4, -0.2) is 89.3 Å². The van der Waals surface area contributed by atoms with Gasteiger partial charge in [-0.1, -0.05) is 19.3 Å². The summed E-state index contributed by atoms with van der Waals surface area (Å²) in [7, 11) is 0. The third-order valence-corrected chi connectivity index (χ3v) is 3.95. The normalized spacial score (nSPS) is 10.7. The van der Waals surface area contributed by atoms with Crippen LogP contribution in [0.4, 0.5) is 0 Å². The molecule has 0 radical (unpaired) electrons. The zero-order chi connectivity index (χ0) is 22.1. The summed E-state index contributed by atoms with van der Waals surface area (Å²) >= 11 is 0. The molecule has 0 aromatic carbocycles. The van der Waals surface area contributed by atoms with Gasteiger partial charge in [0.05, 0.1) is 59.3 Å². The van der Waals surface area contributed by atoms with Gasteiger partial charge >= 0.3 is 5.97 Å². The molecule has 0 saturated carbocycles. The molecule has 0 aliphatic heterocycles. The van der Waals surface area contributed by atoms with Gasteiger partial charge in [-0.05, 0) is 12.8 Å². The Balaban J connectivity index is 3.15. The van der Waals surface area contributed by atoms with Gasteiger partial charge in [0.15, 0.2) is 0 Å². The molecule has 0 aromatic rings. The van der Waals surface area contributed by atoms with Crippen molar-refractivity contribution < 1.29 is 38.4 Å². The Labute approximate surface area is 179 Å². The van der Waals surface area contributed by atoms with Gasteiger partial charge in [-0.2, -0.15) is 0 Å². The molecule has 0 heterocycles. The molecular formula is C20H38N2O8. The highest BCUT2D eigenvalue weighted by molar-refractivity contribution is 5.75. The minimum Gasteiger partial charge on any atom is -0.481 e. The highest BCUT2D eigenvalue weighted by Gasteiger charge is 2.01. The van der Waals surface area contributed by atoms with Crippen molar-refractivity contribution in [3.05, 3.63) is 0 Å². The van der Waals surface area contributed by atoms with Gasteiger partial charge in [-0.25, -0.2) is 0 Å². The number of aliphatic carboxylic acids is 1. The number of carboxylic acid groups (broad SMARTS) is 1. The monoisotopic (exact) mass is 434 g/mol. The van der Waals surface area contributed by atoms with E-state index in [9.17, 15) is 14.4 Å². The van der Waals surface area contributed by atoms with E-state index in [1.54, 1.807) is 0 Å². The maximum Gasteiger partial charge on any atom is 0.305 e. The van der Waals surface area contributed by atoms with Crippen molar-refractivity contribution in [2.45, 2.75) is 44.9 Å². The minimum atomic E-state index is -0.877. The molecule has 0 bridgehead atoms. The van der Waals surface area contributed by atoms with Crippen LogP contribution in [0.5, 0.6) is 0 Å². The third-order valence-electron chi connectivity index (χ3n) is 3.95. The fourth-order valence-corrected chi connectivity index (χ4v) is 2.37. The SMILES string of the molecule is O=CNCCCCCCCC(=O)NCCOCCOCCOCCOCCC(=O)O. The van der Waals surface area contributed by atoms with Crippen LogP contribution in [0.1, 0.15) is 44.9 Å². The first-order valence-electron chi connectivity index (χ1n) is 10.6. The lowest BCUT2D eigenvalue weighted by molar-refractivity contribution is -0.138. The van der Waals surface area contributed by atoms with Crippen molar-refractivity contribution in [3.63, 3.8) is 0 Å². The Bertz CT molecular complexity index is 424. The Hall–Kier alpha value is -1.75. The lowest BCUT2D eigenvalue weighted by Gasteiger charge is -2.08. The highest BCUT2D eigenvalue weighted by atomic mass is 16.6. The number of unbranched alkanes of at least 4 members (excludes halogenated alkanes) is 4. The Morgan fingerprint density at radius 3 is 1.80 bits per heavy atom. The van der Waals surface area contributed by atoms with Crippen LogP contribution in [0.3, 0.4) is 0 Å². The maximum absolute atomic E-state index is 11.7. The highest BCUT2D eigenvalue weighted by Crippen LogP contribution is 2.04. The van der Waals surface area contributed by atoms with Crippen LogP contribution < -0.4 is 10.6 Å². The molecule has 10 heteroatoms. The summed E-state index contributed by atoms with van der Waals surface area (Å²) in [5.74, 6) is -0.834. The molecule has 0 fully saturated rings. The summed E-state index contributed by atoms with van der Waals surface area (Å²) in [6.45, 7) is 4.40. The molecule has 3 N–H and O–H groups in total. The van der Waals surface area contributed by atoms with Crippen LogP contribution >= 0.6 is 0 Å². The summed E-state index contributed by atoms with van der Waals surface area (Å²) in [4.78, 5) is 32.0. The number of ether oxygens (including phenoxy) is 4. The number of hydrogen-bond acceptors (Lipinski definition) is 7. The first-order chi connectivity index (χ1) is 14.7. The number of carboxylic acids is 1. The quantitative estimate of drug-likeness (QED) is 0.150. The second-order valence-electron chi connectivity index (χ2n) is 6.53. The molecule has 30 heavy (non-hydrogen) atoms. The standard InChI is InChI=1S/C20H38N2O8/c23-18-21-8-5-3-1-2-4-6-19(24)22-9-11-28-13-15-30-17-16-29-14-12-27-10-7-20(25)26/h18H,1-17H2,(H,21,23)(H,22,24)(H,25,26). The molecule has 2 amide bonds. The van der Waals surface area contributed by atoms with E-state index in [0.29, 0.717) is 65.6 Å². The van der Waals surface area contributed by atoms with Crippen molar-refractivity contribution in [2.24, 2.45) is 0 Å². The fourth-order valence-electron chi connectivity index (χ4n) is 2.37. The number of amides is 2. The summed E-state index contributed by atoms with van der Waals surface area (Å²) in [6.07, 6.45) is 6.24. The van der Waals surface area contributed by atoms with E-state index in [-0.39, 0.29) is 18.9 Å². The van der Waals surface area contributed by atoms with Crippen LogP contribution in [0.15, 0.2) is 0 Å². The van der Waals surface area contributed by atoms with Crippen molar-refractivity contribution in [1.29, 1.82) is 0 Å². The van der Waals surface area contributed by atoms with E-state index >= 15 is 0 Å². The van der Waals surface area contributed by atoms with Gasteiger partial charge in [0.25, 0.3) is 0 Å². The summed E-state index contributed by atoms with van der Waals surface area (Å²) in [6, 6.07) is 0. The smallest absolute Gasteiger partial charge is 0.305 e. The van der Waals surface area contributed by atoms with Crippen molar-refractivity contribution in [1.82, 2.24) is 10.6 Å². The molecule has 176 valence electrons. The molecule has 0 saturated heterocycles. The van der Waals surface area contributed by atoms with Crippen LogP contribution in [0, 0.1) is 0 Å². The van der Waals surface area contributed by atoms with E-state index in [4.69, 9.17) is 24.1 Å². The van der Waals surface area contributed by atoms with Crippen molar-refractivity contribution in [2.75, 3.05) is 65.9 Å². The lowest BCUT2D eigenvalue weighted by atomic mass is 10.1. The minimum absolute atomic E-state index is 0.00393. The first kappa shape index (κ1) is 28.2. The number of hydrogen-bond donors (Lipinski definition) is 3. The third kappa shape index (κ3) is 24.3. The molecule has 0 aliphatic rings. The van der Waals surface area contributed by atoms with Gasteiger partial charge in [0, 0.05) is 19.5 Å². The summed E-state index contributed by atoms with van der Waals surface area (Å²) < 4.78 is 21.1. The van der Waals surface area contributed by atoms with Crippen molar-refractivity contribution >= 4 is 18.3 Å². The first-order valence-corrected chi connectivity index (χ1v) is 10.6. The van der Waals surface area contributed by atoms with Crippen LogP contribution in [-0.2, 0) is 33.3 Å². The summed E-state index contributed by atoms with van der Waals surface area (Å²) in [5, 5.41) is 13.9. The molecule has 0 atom stereocenters. The van der Waals surface area contributed by atoms with Gasteiger partial charge < -0.3 is 34.7 Å². The number of carbonyl (C=O) groups excluding carboxylic acids is 2. The van der Waals surface area contributed by atoms with Crippen LogP contribution in [0.25, 0.3) is 0 Å². The average molecular weight is 435 g/mol. The van der Waals surface area contributed by atoms with E-state index < -0.39 is 5.97 Å². The predicted octanol–water partition coefficient (Wildman–Crippen LogP) is 0.730. The summed E-state index contributed by atoms with van der Waals surface area (Å²) in [5.41, 5.74) is 0. The topological polar surface area (TPSA) is 132 Å². The molecule has 0 aromatic heterocycles. The molecular weight excluding hydrogens is 396 g/mol. The zero-order valence-electron chi connectivity index (χ0n) is 17.9. The second-order valence-corrected chi connectivity index (χ2v) is 6.53. The molecule has 10 nitrogen and oxygen atoms in total. The van der Waals surface area contributed by atoms with Gasteiger partial charge in [-0.3, -0.25) is 14.4 Å². The number of carbonyl (C=O) groups is 3. The van der Waals surface area contributed by atoms with Crippen LogP contribution in [0.2, 0.25) is 0 Å². The van der Waals surface area contributed by atoms with Gasteiger partial charge in [-0.15, -0.1) is 0 Å². The van der Waals surface area contributed by atoms with E-state index in [0.717, 1.165) is 38.6 Å². The van der Waals surface area contributed by atoms with E-state index in [1.807, 2.05) is 0 Å². The van der Waals surface area contributed by atoms with Gasteiger partial charge in [0.1, 0.15) is 0 Å². The average Bonchev–Trinajstić information content (AvgIpc) is 2.72. The Morgan fingerprint density at radius 1 is 0.667 bits per heavy atom. The molecule has 0 rings (SSSR count). The predicted molar refractivity (Wildman–Crippen MR) is 110 cm³/mol. The lowest BCUT2D eigenvalue weighted by Crippen LogP contribution is -2.27. The molecule has 0 aliphatic carbocycles. The Kier molecular flexibility index (Phi) is 22.2. The fraction of sp³-hybridized carbons (Fsp3) is 0.850. The second kappa shape index (κ2) is 23.5. The Morgan fingerprint density at radius 2 is 1.20 bits per heavy atom. The van der Waals surface area contributed by atoms with E-state index in [1.165, 1.54) is 0 Å². The van der Waals surface area contributed by atoms with Gasteiger partial charge in [0.2, 0.25) is 12.3 Å². The zero-order valence-corrected chi connectivity index (χ0v) is 17.9.